The summed E-state index contributed by atoms with van der Waals surface area (Å²) in [5.74, 6) is 0.0145. The maximum atomic E-state index is 13.2. The molecule has 4 rings (SSSR count). The smallest absolute Gasteiger partial charge is 0.227 e. The lowest BCUT2D eigenvalue weighted by Gasteiger charge is -2.23. The Morgan fingerprint density at radius 2 is 1.76 bits per heavy atom. The van der Waals surface area contributed by atoms with Crippen molar-refractivity contribution in [1.29, 1.82) is 0 Å². The first-order valence-corrected chi connectivity index (χ1v) is 11.0. The van der Waals surface area contributed by atoms with Gasteiger partial charge in [0.1, 0.15) is 11.6 Å². The number of carbonyl (C=O) groups is 2. The van der Waals surface area contributed by atoms with E-state index in [9.17, 15) is 14.0 Å². The maximum Gasteiger partial charge on any atom is 0.227 e. The van der Waals surface area contributed by atoms with E-state index in [1.54, 1.807) is 24.1 Å². The number of halogens is 1. The molecule has 1 aliphatic heterocycles. The van der Waals surface area contributed by atoms with Crippen LogP contribution >= 0.6 is 0 Å². The van der Waals surface area contributed by atoms with Gasteiger partial charge < -0.3 is 15.0 Å². The number of hydrogen-bond acceptors (Lipinski definition) is 3. The predicted molar refractivity (Wildman–Crippen MR) is 125 cm³/mol. The number of nitrogens with one attached hydrogen (secondary N) is 1. The van der Waals surface area contributed by atoms with Crippen molar-refractivity contribution in [1.82, 2.24) is 10.2 Å². The van der Waals surface area contributed by atoms with Gasteiger partial charge in [-0.3, -0.25) is 9.59 Å². The number of hydrogen-bond donors (Lipinski definition) is 1. The fourth-order valence-electron chi connectivity index (χ4n) is 4.14. The Hall–Kier alpha value is -3.67. The van der Waals surface area contributed by atoms with Gasteiger partial charge in [-0.1, -0.05) is 48.5 Å². The summed E-state index contributed by atoms with van der Waals surface area (Å²) in [5.41, 5.74) is 3.87. The molecule has 0 saturated carbocycles. The number of carbonyl (C=O) groups excluding carboxylic acids is 2. The number of rotatable bonds is 6. The predicted octanol–water partition coefficient (Wildman–Crippen LogP) is 3.86. The Morgan fingerprint density at radius 1 is 1.03 bits per heavy atom. The van der Waals surface area contributed by atoms with Gasteiger partial charge in [0.05, 0.1) is 19.4 Å². The molecule has 0 spiro atoms. The fraction of sp³-hybridized carbons (Fsp3) is 0.259. The van der Waals surface area contributed by atoms with Crippen LogP contribution in [0.5, 0.6) is 5.75 Å². The quantitative estimate of drug-likeness (QED) is 0.626. The lowest BCUT2D eigenvalue weighted by Crippen LogP contribution is -2.38. The summed E-state index contributed by atoms with van der Waals surface area (Å²) in [6.07, 6.45) is 0.719. The number of benzene rings is 3. The van der Waals surface area contributed by atoms with E-state index < -0.39 is 0 Å². The molecule has 1 N–H and O–H groups in total. The molecule has 1 aliphatic rings. The highest BCUT2D eigenvalue weighted by molar-refractivity contribution is 5.83. The first-order chi connectivity index (χ1) is 16.0. The number of amides is 2. The SMILES string of the molecule is COc1cccc(-c2cccc(C[C@@H]3CN(C(=O)Cc4ccc(F)cc4)CCNC3=O)c2)c1. The minimum absolute atomic E-state index is 0.0427. The zero-order chi connectivity index (χ0) is 23.2. The summed E-state index contributed by atoms with van der Waals surface area (Å²) in [5, 5.41) is 2.93. The molecule has 0 bridgehead atoms. The van der Waals surface area contributed by atoms with Gasteiger partial charge in [0.15, 0.2) is 0 Å². The molecule has 0 aliphatic carbocycles. The molecule has 1 heterocycles. The lowest BCUT2D eigenvalue weighted by atomic mass is 9.95. The minimum atomic E-state index is -0.342. The first-order valence-electron chi connectivity index (χ1n) is 11.0. The van der Waals surface area contributed by atoms with Gasteiger partial charge in [-0.05, 0) is 52.9 Å². The summed E-state index contributed by atoms with van der Waals surface area (Å²) in [6.45, 7) is 1.25. The summed E-state index contributed by atoms with van der Waals surface area (Å²) in [6, 6.07) is 21.9. The molecule has 0 radical (unpaired) electrons. The van der Waals surface area contributed by atoms with E-state index in [0.29, 0.717) is 26.1 Å². The van der Waals surface area contributed by atoms with Gasteiger partial charge in [-0.2, -0.15) is 0 Å². The van der Waals surface area contributed by atoms with Crippen molar-refractivity contribution in [2.24, 2.45) is 5.92 Å². The van der Waals surface area contributed by atoms with Gasteiger partial charge in [0.2, 0.25) is 11.8 Å². The average molecular weight is 447 g/mol. The second-order valence-corrected chi connectivity index (χ2v) is 8.27. The molecule has 6 heteroatoms. The fourth-order valence-corrected chi connectivity index (χ4v) is 4.14. The maximum absolute atomic E-state index is 13.2. The van der Waals surface area contributed by atoms with Crippen LogP contribution in [0.3, 0.4) is 0 Å². The summed E-state index contributed by atoms with van der Waals surface area (Å²) in [7, 11) is 1.64. The van der Waals surface area contributed by atoms with Crippen molar-refractivity contribution >= 4 is 11.8 Å². The van der Waals surface area contributed by atoms with E-state index in [2.05, 4.69) is 11.4 Å². The summed E-state index contributed by atoms with van der Waals surface area (Å²) < 4.78 is 18.5. The molecule has 1 saturated heterocycles. The molecule has 0 aromatic heterocycles. The van der Waals surface area contributed by atoms with Gasteiger partial charge in [0.25, 0.3) is 0 Å². The molecule has 33 heavy (non-hydrogen) atoms. The molecule has 5 nitrogen and oxygen atoms in total. The van der Waals surface area contributed by atoms with Crippen LogP contribution in [0.1, 0.15) is 11.1 Å². The normalized spacial score (nSPS) is 16.1. The number of methoxy groups -OCH3 is 1. The van der Waals surface area contributed by atoms with E-state index in [4.69, 9.17) is 4.74 Å². The van der Waals surface area contributed by atoms with Crippen LogP contribution in [-0.2, 0) is 22.4 Å². The average Bonchev–Trinajstić information content (AvgIpc) is 3.02. The standard InChI is InChI=1S/C27H27FN2O3/c1-33-25-7-3-6-22(17-25)21-5-2-4-20(14-21)15-23-18-30(13-12-29-27(23)32)26(31)16-19-8-10-24(28)11-9-19/h2-11,14,17,23H,12-13,15-16,18H2,1H3,(H,29,32)/t23-/m1/s1. The lowest BCUT2D eigenvalue weighted by molar-refractivity contribution is -0.131. The topological polar surface area (TPSA) is 58.6 Å². The van der Waals surface area contributed by atoms with Crippen LogP contribution in [0.15, 0.2) is 72.8 Å². The van der Waals surface area contributed by atoms with Crippen LogP contribution in [0.2, 0.25) is 0 Å². The van der Waals surface area contributed by atoms with E-state index >= 15 is 0 Å². The van der Waals surface area contributed by atoms with E-state index in [0.717, 1.165) is 28.0 Å². The highest BCUT2D eigenvalue weighted by atomic mass is 19.1. The van der Waals surface area contributed by atoms with E-state index in [1.807, 2.05) is 42.5 Å². The third-order valence-electron chi connectivity index (χ3n) is 5.93. The Balaban J connectivity index is 1.47. The van der Waals surface area contributed by atoms with Crippen LogP contribution in [0.25, 0.3) is 11.1 Å². The number of ether oxygens (including phenoxy) is 1. The molecule has 2 amide bonds. The van der Waals surface area contributed by atoms with Crippen LogP contribution < -0.4 is 10.1 Å². The van der Waals surface area contributed by atoms with Crippen molar-refractivity contribution in [3.63, 3.8) is 0 Å². The minimum Gasteiger partial charge on any atom is -0.497 e. The molecule has 3 aromatic carbocycles. The van der Waals surface area contributed by atoms with Gasteiger partial charge in [0, 0.05) is 19.6 Å². The van der Waals surface area contributed by atoms with Gasteiger partial charge >= 0.3 is 0 Å². The Bertz CT molecular complexity index is 1130. The molecule has 0 unspecified atom stereocenters. The Labute approximate surface area is 193 Å². The molecule has 1 atom stereocenters. The van der Waals surface area contributed by atoms with Crippen molar-refractivity contribution in [3.05, 3.63) is 89.7 Å². The van der Waals surface area contributed by atoms with E-state index in [-0.39, 0.29) is 30.0 Å². The van der Waals surface area contributed by atoms with Crippen LogP contribution in [-0.4, -0.2) is 43.5 Å². The van der Waals surface area contributed by atoms with Crippen LogP contribution in [0.4, 0.5) is 4.39 Å². The number of nitrogens with zero attached hydrogens (tertiary/aromatic N) is 1. The van der Waals surface area contributed by atoms with Gasteiger partial charge in [-0.15, -0.1) is 0 Å². The summed E-state index contributed by atoms with van der Waals surface area (Å²) >= 11 is 0. The second kappa shape index (κ2) is 10.3. The van der Waals surface area contributed by atoms with E-state index in [1.165, 1.54) is 12.1 Å². The van der Waals surface area contributed by atoms with Crippen molar-refractivity contribution in [2.75, 3.05) is 26.7 Å². The highest BCUT2D eigenvalue weighted by Gasteiger charge is 2.27. The zero-order valence-electron chi connectivity index (χ0n) is 18.6. The zero-order valence-corrected chi connectivity index (χ0v) is 18.6. The molecular formula is C27H27FN2O3. The monoisotopic (exact) mass is 446 g/mol. The summed E-state index contributed by atoms with van der Waals surface area (Å²) in [4.78, 5) is 27.3. The third-order valence-corrected chi connectivity index (χ3v) is 5.93. The largest absolute Gasteiger partial charge is 0.497 e. The highest BCUT2D eigenvalue weighted by Crippen LogP contribution is 2.25. The third kappa shape index (κ3) is 5.77. The van der Waals surface area contributed by atoms with Gasteiger partial charge in [-0.25, -0.2) is 4.39 Å². The van der Waals surface area contributed by atoms with Crippen molar-refractivity contribution in [3.8, 4) is 16.9 Å². The Kier molecular flexibility index (Phi) is 7.03. The molecular weight excluding hydrogens is 419 g/mol. The first kappa shape index (κ1) is 22.5. The molecule has 1 fully saturated rings. The second-order valence-electron chi connectivity index (χ2n) is 8.27. The van der Waals surface area contributed by atoms with Crippen LogP contribution in [0, 0.1) is 11.7 Å². The van der Waals surface area contributed by atoms with Crippen molar-refractivity contribution in [2.45, 2.75) is 12.8 Å². The molecule has 170 valence electrons. The molecule has 3 aromatic rings. The van der Waals surface area contributed by atoms with Crippen molar-refractivity contribution < 1.29 is 18.7 Å². The Morgan fingerprint density at radius 3 is 2.52 bits per heavy atom.